The Hall–Kier alpha value is -0.740. The van der Waals surface area contributed by atoms with Crippen LogP contribution in [0.15, 0.2) is 24.3 Å². The summed E-state index contributed by atoms with van der Waals surface area (Å²) in [5.74, 6) is 0. The van der Waals surface area contributed by atoms with Gasteiger partial charge in [-0.15, -0.1) is 0 Å². The first kappa shape index (κ1) is 11.3. The van der Waals surface area contributed by atoms with Crippen molar-refractivity contribution in [3.63, 3.8) is 0 Å². The summed E-state index contributed by atoms with van der Waals surface area (Å²) in [6, 6.07) is 7.22. The smallest absolute Gasteiger partial charge is 0.258 e. The molecule has 0 aliphatic heterocycles. The van der Waals surface area contributed by atoms with E-state index in [9.17, 15) is 8.42 Å². The van der Waals surface area contributed by atoms with Crippen LogP contribution in [0.4, 0.5) is 5.69 Å². The van der Waals surface area contributed by atoms with Crippen LogP contribution in [0.2, 0.25) is 0 Å². The molecule has 3 nitrogen and oxygen atoms in total. The van der Waals surface area contributed by atoms with Crippen LogP contribution in [-0.4, -0.2) is 15.0 Å². The molecule has 0 saturated carbocycles. The molecule has 0 atom stereocenters. The molecule has 0 saturated heterocycles. The molecule has 0 radical (unpaired) electrons. The number of benzene rings is 1. The van der Waals surface area contributed by atoms with Crippen LogP contribution in [0.1, 0.15) is 12.5 Å². The average Bonchev–Trinajstić information content (AvgIpc) is 2.07. The van der Waals surface area contributed by atoms with Crippen LogP contribution in [-0.2, 0) is 9.24 Å². The molecular formula is C9H12ClNO2S. The third-order valence-electron chi connectivity index (χ3n) is 1.93. The van der Waals surface area contributed by atoms with Crippen LogP contribution < -0.4 is 4.31 Å². The zero-order chi connectivity index (χ0) is 10.8. The van der Waals surface area contributed by atoms with E-state index in [1.54, 1.807) is 19.1 Å². The lowest BCUT2D eigenvalue weighted by Crippen LogP contribution is -2.26. The number of nitrogens with zero attached hydrogens (tertiary/aromatic N) is 1. The van der Waals surface area contributed by atoms with Crippen molar-refractivity contribution >= 4 is 25.6 Å². The summed E-state index contributed by atoms with van der Waals surface area (Å²) in [6.07, 6.45) is 0. The normalized spacial score (nSPS) is 11.4. The standard InChI is InChI=1S/C9H12ClNO2S/c1-3-11(14(10,12)13)9-7-5-4-6-8(9)2/h4-7H,3H2,1-2H3. The van der Waals surface area contributed by atoms with Crippen LogP contribution in [0, 0.1) is 6.92 Å². The molecule has 0 aliphatic carbocycles. The van der Waals surface area contributed by atoms with Gasteiger partial charge < -0.3 is 0 Å². The van der Waals surface area contributed by atoms with Gasteiger partial charge in [0.2, 0.25) is 0 Å². The zero-order valence-electron chi connectivity index (χ0n) is 8.07. The first-order valence-corrected chi connectivity index (χ1v) is 6.51. The number of hydrogen-bond donors (Lipinski definition) is 0. The quantitative estimate of drug-likeness (QED) is 0.752. The van der Waals surface area contributed by atoms with E-state index in [4.69, 9.17) is 10.7 Å². The number of aryl methyl sites for hydroxylation is 1. The van der Waals surface area contributed by atoms with E-state index in [-0.39, 0.29) is 0 Å². The lowest BCUT2D eigenvalue weighted by Gasteiger charge is -2.20. The molecule has 0 unspecified atom stereocenters. The molecule has 0 spiro atoms. The number of halogens is 1. The van der Waals surface area contributed by atoms with Crippen molar-refractivity contribution in [3.8, 4) is 0 Å². The van der Waals surface area contributed by atoms with Gasteiger partial charge in [0.1, 0.15) is 0 Å². The highest BCUT2D eigenvalue weighted by Gasteiger charge is 2.18. The second kappa shape index (κ2) is 4.19. The van der Waals surface area contributed by atoms with Crippen molar-refractivity contribution < 1.29 is 8.42 Å². The Morgan fingerprint density at radius 3 is 2.36 bits per heavy atom. The van der Waals surface area contributed by atoms with Gasteiger partial charge in [-0.3, -0.25) is 4.31 Å². The van der Waals surface area contributed by atoms with Gasteiger partial charge in [0.15, 0.2) is 0 Å². The number of rotatable bonds is 3. The maximum absolute atomic E-state index is 11.2. The molecule has 0 fully saturated rings. The third-order valence-corrected chi connectivity index (χ3v) is 3.42. The van der Waals surface area contributed by atoms with Gasteiger partial charge in [-0.05, 0) is 25.5 Å². The van der Waals surface area contributed by atoms with Gasteiger partial charge in [-0.2, -0.15) is 8.42 Å². The van der Waals surface area contributed by atoms with E-state index < -0.39 is 9.24 Å². The van der Waals surface area contributed by atoms with Crippen molar-refractivity contribution in [2.75, 3.05) is 10.8 Å². The Morgan fingerprint density at radius 2 is 1.93 bits per heavy atom. The Labute approximate surface area is 88.9 Å². The van der Waals surface area contributed by atoms with Gasteiger partial charge in [0.05, 0.1) is 5.69 Å². The third kappa shape index (κ3) is 2.39. The minimum atomic E-state index is -3.68. The Bertz CT molecular complexity index is 417. The molecular weight excluding hydrogens is 222 g/mol. The van der Waals surface area contributed by atoms with E-state index >= 15 is 0 Å². The predicted molar refractivity (Wildman–Crippen MR) is 59.0 cm³/mol. The second-order valence-electron chi connectivity index (χ2n) is 2.89. The summed E-state index contributed by atoms with van der Waals surface area (Å²) in [4.78, 5) is 0. The summed E-state index contributed by atoms with van der Waals surface area (Å²) in [6.45, 7) is 3.92. The molecule has 5 heteroatoms. The summed E-state index contributed by atoms with van der Waals surface area (Å²) < 4.78 is 23.6. The van der Waals surface area contributed by atoms with Crippen molar-refractivity contribution in [3.05, 3.63) is 29.8 Å². The lowest BCUT2D eigenvalue weighted by atomic mass is 10.2. The SMILES string of the molecule is CCN(c1ccccc1C)S(=O)(=O)Cl. The summed E-state index contributed by atoms with van der Waals surface area (Å²) in [5, 5.41) is 0. The predicted octanol–water partition coefficient (Wildman–Crippen LogP) is 2.30. The van der Waals surface area contributed by atoms with Crippen molar-refractivity contribution in [2.45, 2.75) is 13.8 Å². The van der Waals surface area contributed by atoms with E-state index in [1.807, 2.05) is 19.1 Å². The molecule has 0 amide bonds. The molecule has 1 aromatic rings. The fraction of sp³-hybridized carbons (Fsp3) is 0.333. The highest BCUT2D eigenvalue weighted by atomic mass is 35.7. The Balaban J connectivity index is 3.21. The maximum Gasteiger partial charge on any atom is 0.321 e. The van der Waals surface area contributed by atoms with Crippen LogP contribution in [0.5, 0.6) is 0 Å². The topological polar surface area (TPSA) is 37.4 Å². The molecule has 0 aromatic heterocycles. The lowest BCUT2D eigenvalue weighted by molar-refractivity contribution is 0.605. The first-order chi connectivity index (χ1) is 6.46. The molecule has 78 valence electrons. The molecule has 1 rings (SSSR count). The Kier molecular flexibility index (Phi) is 3.39. The summed E-state index contributed by atoms with van der Waals surface area (Å²) in [7, 11) is 1.62. The van der Waals surface area contributed by atoms with Gasteiger partial charge in [-0.25, -0.2) is 0 Å². The van der Waals surface area contributed by atoms with E-state index in [1.165, 1.54) is 4.31 Å². The molecule has 0 heterocycles. The number of anilines is 1. The Morgan fingerprint density at radius 1 is 1.36 bits per heavy atom. The van der Waals surface area contributed by atoms with Crippen molar-refractivity contribution in [1.82, 2.24) is 0 Å². The van der Waals surface area contributed by atoms with Gasteiger partial charge in [-0.1, -0.05) is 18.2 Å². The molecule has 0 N–H and O–H groups in total. The number of para-hydroxylation sites is 1. The fourth-order valence-electron chi connectivity index (χ4n) is 1.29. The average molecular weight is 234 g/mol. The largest absolute Gasteiger partial charge is 0.321 e. The van der Waals surface area contributed by atoms with Crippen molar-refractivity contribution in [2.24, 2.45) is 0 Å². The van der Waals surface area contributed by atoms with Crippen LogP contribution in [0.25, 0.3) is 0 Å². The van der Waals surface area contributed by atoms with Gasteiger partial charge in [0.25, 0.3) is 0 Å². The minimum absolute atomic E-state index is 0.330. The zero-order valence-corrected chi connectivity index (χ0v) is 9.64. The van der Waals surface area contributed by atoms with Gasteiger partial charge in [0, 0.05) is 17.2 Å². The van der Waals surface area contributed by atoms with Crippen LogP contribution in [0.3, 0.4) is 0 Å². The molecule has 1 aromatic carbocycles. The van der Waals surface area contributed by atoms with Crippen LogP contribution >= 0.6 is 10.7 Å². The minimum Gasteiger partial charge on any atom is -0.258 e. The van der Waals surface area contributed by atoms with E-state index in [2.05, 4.69) is 0 Å². The van der Waals surface area contributed by atoms with Gasteiger partial charge >= 0.3 is 9.24 Å². The fourth-order valence-corrected chi connectivity index (χ4v) is 2.55. The second-order valence-corrected chi connectivity index (χ2v) is 5.33. The highest BCUT2D eigenvalue weighted by molar-refractivity contribution is 8.14. The van der Waals surface area contributed by atoms with E-state index in [0.717, 1.165) is 5.56 Å². The molecule has 0 bridgehead atoms. The first-order valence-electron chi connectivity index (χ1n) is 4.24. The maximum atomic E-state index is 11.2. The number of hydrogen-bond acceptors (Lipinski definition) is 2. The van der Waals surface area contributed by atoms with Crippen molar-refractivity contribution in [1.29, 1.82) is 0 Å². The molecule has 0 aliphatic rings. The summed E-state index contributed by atoms with van der Waals surface area (Å²) >= 11 is 0. The summed E-state index contributed by atoms with van der Waals surface area (Å²) in [5.41, 5.74) is 1.52. The van der Waals surface area contributed by atoms with E-state index in [0.29, 0.717) is 12.2 Å². The monoisotopic (exact) mass is 233 g/mol. The highest BCUT2D eigenvalue weighted by Crippen LogP contribution is 2.23. The molecule has 14 heavy (non-hydrogen) atoms.